The predicted molar refractivity (Wildman–Crippen MR) is 139 cm³/mol. The number of carbonyl (C=O) groups excluding carboxylic acids is 2. The van der Waals surface area contributed by atoms with E-state index in [1.54, 1.807) is 26.3 Å². The third-order valence-corrected chi connectivity index (χ3v) is 6.06. The molecule has 1 aromatic carbocycles. The number of nitrogens with one attached hydrogen (secondary N) is 1. The standard InChI is InChI=1S/C26H36N6O5/c1-9-28-25-31(30-23-16(3)15(2)21(24(35)27-7)29-32(23)25)14-19(34)17-12-18(26(4,5)6)22(36-8)20(13-17)37-11-10-33/h12-13,33H,9-11,14H2,1-8H3,(H,27,35). The molecule has 0 atom stereocenters. The van der Waals surface area contributed by atoms with Crippen molar-refractivity contribution in [3.63, 3.8) is 0 Å². The van der Waals surface area contributed by atoms with E-state index in [-0.39, 0.29) is 42.6 Å². The van der Waals surface area contributed by atoms with Gasteiger partial charge in [-0.25, -0.2) is 9.67 Å². The maximum Gasteiger partial charge on any atom is 0.271 e. The fourth-order valence-electron chi connectivity index (χ4n) is 4.00. The predicted octanol–water partition coefficient (Wildman–Crippen LogP) is 1.99. The number of aryl methyl sites for hydroxylation is 1. The highest BCUT2D eigenvalue weighted by atomic mass is 16.5. The highest BCUT2D eigenvalue weighted by molar-refractivity contribution is 5.97. The number of amides is 1. The van der Waals surface area contributed by atoms with Gasteiger partial charge in [-0.15, -0.1) is 5.10 Å². The Balaban J connectivity index is 2.16. The van der Waals surface area contributed by atoms with Gasteiger partial charge in [0.25, 0.3) is 5.91 Å². The first-order chi connectivity index (χ1) is 17.5. The summed E-state index contributed by atoms with van der Waals surface area (Å²) in [5.41, 5.74) is 3.50. The number of benzene rings is 1. The largest absolute Gasteiger partial charge is 0.493 e. The lowest BCUT2D eigenvalue weighted by atomic mass is 9.84. The molecule has 0 saturated carbocycles. The highest BCUT2D eigenvalue weighted by Gasteiger charge is 2.26. The van der Waals surface area contributed by atoms with Crippen molar-refractivity contribution in [3.05, 3.63) is 45.7 Å². The average molecular weight is 513 g/mol. The van der Waals surface area contributed by atoms with Crippen LogP contribution in [0.5, 0.6) is 11.5 Å². The van der Waals surface area contributed by atoms with Crippen LogP contribution in [0.15, 0.2) is 17.1 Å². The number of hydrogen-bond donors (Lipinski definition) is 2. The first kappa shape index (κ1) is 27.9. The quantitative estimate of drug-likeness (QED) is 0.419. The summed E-state index contributed by atoms with van der Waals surface area (Å²) in [5.74, 6) is 0.374. The van der Waals surface area contributed by atoms with Gasteiger partial charge in [0.1, 0.15) is 13.2 Å². The Kier molecular flexibility index (Phi) is 8.37. The van der Waals surface area contributed by atoms with Gasteiger partial charge in [0.05, 0.1) is 13.7 Å². The van der Waals surface area contributed by atoms with Crippen LogP contribution in [0, 0.1) is 13.8 Å². The molecule has 37 heavy (non-hydrogen) atoms. The van der Waals surface area contributed by atoms with Crippen LogP contribution in [0.25, 0.3) is 5.65 Å². The molecule has 2 heterocycles. The van der Waals surface area contributed by atoms with E-state index in [4.69, 9.17) is 9.47 Å². The number of nitrogens with zero attached hydrogens (tertiary/aromatic N) is 5. The van der Waals surface area contributed by atoms with E-state index >= 15 is 0 Å². The fourth-order valence-corrected chi connectivity index (χ4v) is 4.00. The van der Waals surface area contributed by atoms with E-state index in [2.05, 4.69) is 20.5 Å². The van der Waals surface area contributed by atoms with Crippen LogP contribution in [0.3, 0.4) is 0 Å². The molecule has 200 valence electrons. The van der Waals surface area contributed by atoms with Gasteiger partial charge in [0.15, 0.2) is 28.6 Å². The number of aliphatic hydroxyl groups excluding tert-OH is 1. The smallest absolute Gasteiger partial charge is 0.271 e. The molecular formula is C26H36N6O5. The van der Waals surface area contributed by atoms with Crippen molar-refractivity contribution in [3.8, 4) is 11.5 Å². The van der Waals surface area contributed by atoms with E-state index in [1.807, 2.05) is 41.5 Å². The Hall–Kier alpha value is -3.73. The third-order valence-electron chi connectivity index (χ3n) is 6.06. The summed E-state index contributed by atoms with van der Waals surface area (Å²) >= 11 is 0. The van der Waals surface area contributed by atoms with Crippen molar-refractivity contribution in [2.45, 2.75) is 53.5 Å². The molecule has 11 heteroatoms. The molecule has 3 rings (SSSR count). The number of carbonyl (C=O) groups is 2. The van der Waals surface area contributed by atoms with E-state index in [0.717, 1.165) is 11.1 Å². The monoisotopic (exact) mass is 512 g/mol. The number of rotatable bonds is 9. The van der Waals surface area contributed by atoms with Crippen LogP contribution < -0.4 is 20.4 Å². The Bertz CT molecular complexity index is 1400. The van der Waals surface area contributed by atoms with Crippen LogP contribution >= 0.6 is 0 Å². The molecule has 2 N–H and O–H groups in total. The van der Waals surface area contributed by atoms with Crippen molar-refractivity contribution in [2.24, 2.45) is 4.99 Å². The van der Waals surface area contributed by atoms with Gasteiger partial charge in [0.2, 0.25) is 5.62 Å². The van der Waals surface area contributed by atoms with Crippen LogP contribution in [-0.2, 0) is 12.0 Å². The Morgan fingerprint density at radius 1 is 1.16 bits per heavy atom. The first-order valence-electron chi connectivity index (χ1n) is 12.2. The lowest BCUT2D eigenvalue weighted by Crippen LogP contribution is -2.30. The molecule has 0 aliphatic carbocycles. The lowest BCUT2D eigenvalue weighted by Gasteiger charge is -2.25. The van der Waals surface area contributed by atoms with Gasteiger partial charge in [-0.1, -0.05) is 20.8 Å². The Morgan fingerprint density at radius 2 is 1.86 bits per heavy atom. The molecule has 0 unspecified atom stereocenters. The molecule has 0 bridgehead atoms. The number of Topliss-reactive ketones (excluding diaryl/α,β-unsaturated/α-hetero) is 1. The Morgan fingerprint density at radius 3 is 2.43 bits per heavy atom. The number of ketones is 1. The summed E-state index contributed by atoms with van der Waals surface area (Å²) in [7, 11) is 3.10. The summed E-state index contributed by atoms with van der Waals surface area (Å²) in [6.07, 6.45) is 0. The normalized spacial score (nSPS) is 12.2. The number of aliphatic hydroxyl groups is 1. The fraction of sp³-hybridized carbons (Fsp3) is 0.500. The first-order valence-corrected chi connectivity index (χ1v) is 12.2. The summed E-state index contributed by atoms with van der Waals surface area (Å²) < 4.78 is 14.3. The zero-order chi connectivity index (χ0) is 27.5. The van der Waals surface area contributed by atoms with Crippen LogP contribution in [0.1, 0.15) is 65.2 Å². The molecule has 0 aliphatic heterocycles. The van der Waals surface area contributed by atoms with Gasteiger partial charge < -0.3 is 19.9 Å². The second-order valence-corrected chi connectivity index (χ2v) is 9.65. The number of hydrogen-bond acceptors (Lipinski definition) is 8. The molecule has 1 amide bonds. The maximum atomic E-state index is 13.6. The summed E-state index contributed by atoms with van der Waals surface area (Å²) in [5, 5.41) is 21.0. The second kappa shape index (κ2) is 11.1. The second-order valence-electron chi connectivity index (χ2n) is 9.65. The van der Waals surface area contributed by atoms with Crippen molar-refractivity contribution in [1.29, 1.82) is 0 Å². The van der Waals surface area contributed by atoms with Gasteiger partial charge in [-0.05, 0) is 43.9 Å². The van der Waals surface area contributed by atoms with E-state index in [1.165, 1.54) is 9.20 Å². The summed E-state index contributed by atoms with van der Waals surface area (Å²) in [6.45, 7) is 11.8. The van der Waals surface area contributed by atoms with Crippen LogP contribution in [0.2, 0.25) is 0 Å². The summed E-state index contributed by atoms with van der Waals surface area (Å²) in [4.78, 5) is 30.5. The number of fused-ring (bicyclic) bond motifs is 1. The molecule has 0 saturated heterocycles. The molecule has 0 spiro atoms. The topological polar surface area (TPSA) is 132 Å². The molecule has 2 aromatic heterocycles. The van der Waals surface area contributed by atoms with Gasteiger partial charge >= 0.3 is 0 Å². The van der Waals surface area contributed by atoms with Gasteiger partial charge in [-0.2, -0.15) is 9.61 Å². The zero-order valence-corrected chi connectivity index (χ0v) is 22.8. The highest BCUT2D eigenvalue weighted by Crippen LogP contribution is 2.40. The van der Waals surface area contributed by atoms with E-state index < -0.39 is 0 Å². The molecule has 11 nitrogen and oxygen atoms in total. The van der Waals surface area contributed by atoms with Crippen molar-refractivity contribution in [1.82, 2.24) is 24.7 Å². The van der Waals surface area contributed by atoms with Crippen LogP contribution in [0.4, 0.5) is 0 Å². The van der Waals surface area contributed by atoms with Crippen molar-refractivity contribution < 1.29 is 24.2 Å². The molecule has 0 aliphatic rings. The summed E-state index contributed by atoms with van der Waals surface area (Å²) in [6, 6.07) is 3.42. The van der Waals surface area contributed by atoms with Crippen molar-refractivity contribution >= 4 is 17.3 Å². The molecule has 0 fully saturated rings. The molecule has 0 radical (unpaired) electrons. The van der Waals surface area contributed by atoms with Crippen molar-refractivity contribution in [2.75, 3.05) is 33.9 Å². The SMILES string of the molecule is CCN=c1n(CC(=O)c2cc(OCCO)c(OC)c(C(C)(C)C)c2)nc2c(C)c(C)c(C(=O)NC)nn12. The number of methoxy groups -OCH3 is 1. The minimum atomic E-state index is -0.341. The average Bonchev–Trinajstić information content (AvgIpc) is 3.20. The van der Waals surface area contributed by atoms with E-state index in [0.29, 0.717) is 40.4 Å². The number of ether oxygens (including phenoxy) is 2. The Labute approximate surface area is 216 Å². The minimum absolute atomic E-state index is 0.0657. The van der Waals surface area contributed by atoms with Gasteiger partial charge in [-0.3, -0.25) is 9.59 Å². The van der Waals surface area contributed by atoms with Gasteiger partial charge in [0, 0.05) is 30.3 Å². The zero-order valence-electron chi connectivity index (χ0n) is 22.8. The third kappa shape index (κ3) is 5.51. The van der Waals surface area contributed by atoms with Crippen LogP contribution in [-0.4, -0.2) is 70.1 Å². The lowest BCUT2D eigenvalue weighted by molar-refractivity contribution is 0.0950. The number of aromatic nitrogens is 4. The van der Waals surface area contributed by atoms with E-state index in [9.17, 15) is 14.7 Å². The molecular weight excluding hydrogens is 476 g/mol. The maximum absolute atomic E-state index is 13.6. The minimum Gasteiger partial charge on any atom is -0.493 e. The molecule has 3 aromatic rings.